The third kappa shape index (κ3) is 3.86. The highest BCUT2D eigenvalue weighted by atomic mass is 14.7. The first-order valence-electron chi connectivity index (χ1n) is 5.73. The third-order valence-electron chi connectivity index (χ3n) is 2.56. The second kappa shape index (κ2) is 6.79. The van der Waals surface area contributed by atoms with Crippen LogP contribution in [0.1, 0.15) is 30.9 Å². The van der Waals surface area contributed by atoms with Gasteiger partial charge in [0.1, 0.15) is 0 Å². The lowest BCUT2D eigenvalue weighted by atomic mass is 10.1. The summed E-state index contributed by atoms with van der Waals surface area (Å²) in [5.41, 5.74) is 2.35. The molecule has 0 N–H and O–H groups in total. The molecule has 1 rings (SSSR count). The molecule has 0 radical (unpaired) electrons. The maximum Gasteiger partial charge on any atom is 0.0675 e. The Bertz CT molecular complexity index is 388. The Morgan fingerprint density at radius 3 is 2.81 bits per heavy atom. The number of nitriles is 1. The molecule has 0 saturated heterocycles. The van der Waals surface area contributed by atoms with E-state index >= 15 is 0 Å². The zero-order valence-corrected chi connectivity index (χ0v) is 9.98. The van der Waals surface area contributed by atoms with E-state index in [-0.39, 0.29) is 5.92 Å². The first-order chi connectivity index (χ1) is 7.77. The van der Waals surface area contributed by atoms with Crippen molar-refractivity contribution in [3.05, 3.63) is 35.4 Å². The molecule has 84 valence electrons. The lowest BCUT2D eigenvalue weighted by Gasteiger charge is -2.03. The monoisotopic (exact) mass is 214 g/mol. The van der Waals surface area contributed by atoms with Crippen LogP contribution in [0.2, 0.25) is 0 Å². The lowest BCUT2D eigenvalue weighted by Crippen LogP contribution is -2.01. The molecule has 1 aromatic rings. The number of hydrogen-bond donors (Lipinski definition) is 0. The van der Waals surface area contributed by atoms with Gasteiger partial charge in [-0.3, -0.25) is 4.99 Å². The largest absolute Gasteiger partial charge is 0.291 e. The molecule has 1 aromatic carbocycles. The van der Waals surface area contributed by atoms with Crippen LogP contribution in [-0.2, 0) is 0 Å². The van der Waals surface area contributed by atoms with Gasteiger partial charge in [-0.1, -0.05) is 37.6 Å². The Labute approximate surface area is 97.6 Å². The van der Waals surface area contributed by atoms with E-state index in [0.29, 0.717) is 6.54 Å². The maximum absolute atomic E-state index is 8.89. The average Bonchev–Trinajstić information content (AvgIpc) is 2.30. The van der Waals surface area contributed by atoms with Crippen LogP contribution in [0.25, 0.3) is 0 Å². The minimum atomic E-state index is 0.0604. The van der Waals surface area contributed by atoms with Gasteiger partial charge in [-0.15, -0.1) is 0 Å². The highest BCUT2D eigenvalue weighted by molar-refractivity contribution is 5.81. The molecule has 2 nitrogen and oxygen atoms in total. The van der Waals surface area contributed by atoms with Gasteiger partial charge < -0.3 is 0 Å². The Hall–Kier alpha value is -1.62. The van der Waals surface area contributed by atoms with Crippen LogP contribution in [-0.4, -0.2) is 12.8 Å². The predicted octanol–water partition coefficient (Wildman–Crippen LogP) is 3.35. The molecule has 0 heterocycles. The van der Waals surface area contributed by atoms with Crippen LogP contribution < -0.4 is 0 Å². The summed E-state index contributed by atoms with van der Waals surface area (Å²) in [6.07, 6.45) is 3.84. The summed E-state index contributed by atoms with van der Waals surface area (Å²) in [4.78, 5) is 4.34. The number of aryl methyl sites for hydroxylation is 1. The van der Waals surface area contributed by atoms with Crippen LogP contribution >= 0.6 is 0 Å². The van der Waals surface area contributed by atoms with E-state index in [2.05, 4.69) is 31.0 Å². The minimum Gasteiger partial charge on any atom is -0.291 e. The van der Waals surface area contributed by atoms with Gasteiger partial charge in [0.2, 0.25) is 0 Å². The molecule has 0 aliphatic rings. The van der Waals surface area contributed by atoms with Crippen LogP contribution in [0.4, 0.5) is 0 Å². The SMILES string of the molecule is CCCC(C#N)CN=Cc1ccccc1C. The molecule has 0 aromatic heterocycles. The van der Waals surface area contributed by atoms with E-state index in [9.17, 15) is 0 Å². The van der Waals surface area contributed by atoms with E-state index in [4.69, 9.17) is 5.26 Å². The number of aliphatic imine (C=N–C) groups is 1. The summed E-state index contributed by atoms with van der Waals surface area (Å²) >= 11 is 0. The summed E-state index contributed by atoms with van der Waals surface area (Å²) in [6.45, 7) is 4.77. The van der Waals surface area contributed by atoms with E-state index < -0.39 is 0 Å². The van der Waals surface area contributed by atoms with E-state index in [1.807, 2.05) is 24.4 Å². The summed E-state index contributed by atoms with van der Waals surface area (Å²) in [5, 5.41) is 8.89. The lowest BCUT2D eigenvalue weighted by molar-refractivity contribution is 0.605. The maximum atomic E-state index is 8.89. The molecule has 0 aliphatic heterocycles. The summed E-state index contributed by atoms with van der Waals surface area (Å²) in [7, 11) is 0. The Balaban J connectivity index is 2.55. The molecule has 1 atom stereocenters. The molecular weight excluding hydrogens is 196 g/mol. The predicted molar refractivity (Wildman–Crippen MR) is 67.7 cm³/mol. The van der Waals surface area contributed by atoms with E-state index in [0.717, 1.165) is 18.4 Å². The first kappa shape index (κ1) is 12.4. The molecule has 0 spiro atoms. The van der Waals surface area contributed by atoms with Crippen LogP contribution in [0, 0.1) is 24.2 Å². The number of rotatable bonds is 5. The van der Waals surface area contributed by atoms with Crippen molar-refractivity contribution in [2.75, 3.05) is 6.54 Å². The smallest absolute Gasteiger partial charge is 0.0675 e. The normalized spacial score (nSPS) is 12.6. The van der Waals surface area contributed by atoms with Gasteiger partial charge in [0, 0.05) is 6.21 Å². The standard InChI is InChI=1S/C14H18N2/c1-3-6-13(9-15)10-16-11-14-8-5-4-7-12(14)2/h4-5,7-8,11,13H,3,6,10H2,1-2H3. The molecular formula is C14H18N2. The Morgan fingerprint density at radius 2 is 2.19 bits per heavy atom. The van der Waals surface area contributed by atoms with Crippen molar-refractivity contribution < 1.29 is 0 Å². The molecule has 0 saturated carbocycles. The van der Waals surface area contributed by atoms with Crippen LogP contribution in [0.15, 0.2) is 29.3 Å². The van der Waals surface area contributed by atoms with Crippen molar-refractivity contribution in [2.24, 2.45) is 10.9 Å². The van der Waals surface area contributed by atoms with Crippen molar-refractivity contribution in [2.45, 2.75) is 26.7 Å². The number of nitrogens with zero attached hydrogens (tertiary/aromatic N) is 2. The molecule has 2 heteroatoms. The van der Waals surface area contributed by atoms with Crippen molar-refractivity contribution in [3.8, 4) is 6.07 Å². The highest BCUT2D eigenvalue weighted by Gasteiger charge is 2.03. The van der Waals surface area contributed by atoms with Crippen LogP contribution in [0.5, 0.6) is 0 Å². The number of hydrogen-bond acceptors (Lipinski definition) is 2. The second-order valence-corrected chi connectivity index (χ2v) is 3.97. The van der Waals surface area contributed by atoms with Gasteiger partial charge in [-0.2, -0.15) is 5.26 Å². The van der Waals surface area contributed by atoms with Gasteiger partial charge in [0.15, 0.2) is 0 Å². The molecule has 0 fully saturated rings. The molecule has 0 amide bonds. The van der Waals surface area contributed by atoms with Gasteiger partial charge >= 0.3 is 0 Å². The zero-order chi connectivity index (χ0) is 11.8. The fraction of sp³-hybridized carbons (Fsp3) is 0.429. The molecule has 0 bridgehead atoms. The summed E-state index contributed by atoms with van der Waals surface area (Å²) in [5.74, 6) is 0.0604. The van der Waals surface area contributed by atoms with Gasteiger partial charge in [-0.05, 0) is 24.5 Å². The average molecular weight is 214 g/mol. The minimum absolute atomic E-state index is 0.0604. The molecule has 16 heavy (non-hydrogen) atoms. The highest BCUT2D eigenvalue weighted by Crippen LogP contribution is 2.07. The Kier molecular flexibility index (Phi) is 5.28. The quantitative estimate of drug-likeness (QED) is 0.692. The van der Waals surface area contributed by atoms with Crippen molar-refractivity contribution >= 4 is 6.21 Å². The summed E-state index contributed by atoms with van der Waals surface area (Å²) < 4.78 is 0. The summed E-state index contributed by atoms with van der Waals surface area (Å²) in [6, 6.07) is 10.4. The van der Waals surface area contributed by atoms with Gasteiger partial charge in [0.05, 0.1) is 18.5 Å². The van der Waals surface area contributed by atoms with E-state index in [1.165, 1.54) is 5.56 Å². The topological polar surface area (TPSA) is 36.1 Å². The fourth-order valence-electron chi connectivity index (χ4n) is 1.56. The second-order valence-electron chi connectivity index (χ2n) is 3.97. The zero-order valence-electron chi connectivity index (χ0n) is 9.98. The third-order valence-corrected chi connectivity index (χ3v) is 2.56. The van der Waals surface area contributed by atoms with Gasteiger partial charge in [0.25, 0.3) is 0 Å². The van der Waals surface area contributed by atoms with Crippen molar-refractivity contribution in [1.82, 2.24) is 0 Å². The Morgan fingerprint density at radius 1 is 1.44 bits per heavy atom. The first-order valence-corrected chi connectivity index (χ1v) is 5.73. The van der Waals surface area contributed by atoms with Crippen molar-refractivity contribution in [1.29, 1.82) is 5.26 Å². The van der Waals surface area contributed by atoms with Crippen molar-refractivity contribution in [3.63, 3.8) is 0 Å². The van der Waals surface area contributed by atoms with Crippen LogP contribution in [0.3, 0.4) is 0 Å². The molecule has 0 aliphatic carbocycles. The van der Waals surface area contributed by atoms with Gasteiger partial charge in [-0.25, -0.2) is 0 Å². The fourth-order valence-corrected chi connectivity index (χ4v) is 1.56. The molecule has 1 unspecified atom stereocenters. The number of benzene rings is 1. The van der Waals surface area contributed by atoms with E-state index in [1.54, 1.807) is 0 Å².